The van der Waals surface area contributed by atoms with Crippen LogP contribution in [0.5, 0.6) is 46.0 Å². The second-order valence-corrected chi connectivity index (χ2v) is 25.9. The summed E-state index contributed by atoms with van der Waals surface area (Å²) in [5, 5.41) is 129. The lowest BCUT2D eigenvalue weighted by Gasteiger charge is -2.07. The third-order valence-corrected chi connectivity index (χ3v) is 17.3. The van der Waals surface area contributed by atoms with Crippen molar-refractivity contribution in [1.82, 2.24) is 0 Å². The van der Waals surface area contributed by atoms with Crippen molar-refractivity contribution in [1.29, 1.82) is 0 Å². The van der Waals surface area contributed by atoms with E-state index < -0.39 is 0 Å². The van der Waals surface area contributed by atoms with Crippen molar-refractivity contribution in [2.45, 2.75) is 117 Å². The van der Waals surface area contributed by atoms with Gasteiger partial charge in [0, 0.05) is 48.8 Å². The first kappa shape index (κ1) is 88.3. The number of carbonyl (C=O) groups excluding carboxylic acids is 5. The summed E-state index contributed by atoms with van der Waals surface area (Å²) in [5.74, 6) is 1.32. The number of carbonyl (C=O) groups is 5. The molecule has 0 aliphatic heterocycles. The largest absolute Gasteiger partial charge is 0.508 e. The molecule has 0 saturated heterocycles. The molecule has 0 aromatic heterocycles. The van der Waals surface area contributed by atoms with Gasteiger partial charge in [-0.2, -0.15) is 0 Å². The molecule has 19 nitrogen and oxygen atoms in total. The molecular formula is C93H96O19. The highest BCUT2D eigenvalue weighted by molar-refractivity contribution is 5.96. The van der Waals surface area contributed by atoms with Crippen LogP contribution in [0.3, 0.4) is 0 Å². The van der Waals surface area contributed by atoms with E-state index in [1.807, 2.05) is 42.5 Å². The van der Waals surface area contributed by atoms with Gasteiger partial charge in [0.2, 0.25) is 0 Å². The van der Waals surface area contributed by atoms with Gasteiger partial charge in [-0.15, -0.1) is 0 Å². The van der Waals surface area contributed by atoms with Gasteiger partial charge in [-0.1, -0.05) is 158 Å². The van der Waals surface area contributed by atoms with Crippen LogP contribution >= 0.6 is 0 Å². The van der Waals surface area contributed by atoms with Gasteiger partial charge in [0.1, 0.15) is 46.0 Å². The average Bonchev–Trinajstić information content (AvgIpc) is 0.880. The van der Waals surface area contributed by atoms with Crippen molar-refractivity contribution in [3.05, 3.63) is 338 Å². The van der Waals surface area contributed by atoms with Gasteiger partial charge in [-0.3, -0.25) is 24.0 Å². The SMILES string of the molecule is O=C(/C=C/c1ccc(O)cc1)CCCc1ccc(CO)c(CO)c1.O=C(/C=C/c1ccc(O)cc1)CCCc1ccc(O)c(CO)c1.O=C(/C=C/c1ccc(O)cc1)CCc1ccc(CO)c(O)c1.O=C(/C=C/c1ccc(O)cc1)CCc1ccc(CO)cc1.O=C(/C=C/c1ccc(O)cc1)CCc1ccc(O)c(CO)c1. The highest BCUT2D eigenvalue weighted by Crippen LogP contribution is 2.25. The monoisotopic (exact) mass is 1520 g/mol. The minimum Gasteiger partial charge on any atom is -0.508 e. The maximum atomic E-state index is 11.9. The first-order valence-electron chi connectivity index (χ1n) is 36.3. The Morgan fingerprint density at radius 2 is 0.464 bits per heavy atom. The zero-order valence-electron chi connectivity index (χ0n) is 62.1. The predicted molar refractivity (Wildman–Crippen MR) is 434 cm³/mol. The number of hydrogen-bond donors (Lipinski definition) is 14. The van der Waals surface area contributed by atoms with E-state index >= 15 is 0 Å². The molecule has 112 heavy (non-hydrogen) atoms. The Morgan fingerprint density at radius 1 is 0.214 bits per heavy atom. The molecule has 0 amide bonds. The summed E-state index contributed by atoms with van der Waals surface area (Å²) in [6.07, 6.45) is 23.0. The molecule has 0 atom stereocenters. The summed E-state index contributed by atoms with van der Waals surface area (Å²) in [7, 11) is 0. The van der Waals surface area contributed by atoms with Crippen LogP contribution in [-0.4, -0.2) is 100 Å². The van der Waals surface area contributed by atoms with Crippen molar-refractivity contribution in [3.8, 4) is 46.0 Å². The second-order valence-electron chi connectivity index (χ2n) is 25.9. The molecule has 0 fully saturated rings. The van der Waals surface area contributed by atoms with Crippen molar-refractivity contribution in [3.63, 3.8) is 0 Å². The van der Waals surface area contributed by atoms with Crippen LogP contribution in [-0.2, 0) is 95.7 Å². The molecule has 0 spiro atoms. The summed E-state index contributed by atoms with van der Waals surface area (Å²) in [6.45, 7) is -0.786. The Kier molecular flexibility index (Phi) is 38.4. The fourth-order valence-electron chi connectivity index (χ4n) is 10.7. The van der Waals surface area contributed by atoms with Crippen LogP contribution in [0.4, 0.5) is 0 Å². The molecular weight excluding hydrogens is 1420 g/mol. The molecule has 14 N–H and O–H groups in total. The summed E-state index contributed by atoms with van der Waals surface area (Å²) in [6, 6.07) is 61.5. The number of rotatable bonds is 33. The third-order valence-electron chi connectivity index (χ3n) is 17.3. The number of phenolic OH excluding ortho intramolecular Hbond substituents is 5. The van der Waals surface area contributed by atoms with Gasteiger partial charge >= 0.3 is 0 Å². The van der Waals surface area contributed by atoms with E-state index in [-0.39, 0.29) is 115 Å². The molecule has 10 aromatic rings. The Hall–Kier alpha value is -12.6. The summed E-state index contributed by atoms with van der Waals surface area (Å²) >= 11 is 0. The van der Waals surface area contributed by atoms with E-state index in [0.29, 0.717) is 80.9 Å². The first-order chi connectivity index (χ1) is 54.0. The van der Waals surface area contributed by atoms with Gasteiger partial charge in [0.05, 0.1) is 39.6 Å². The van der Waals surface area contributed by atoms with E-state index in [0.717, 1.165) is 85.2 Å². The van der Waals surface area contributed by atoms with Crippen LogP contribution in [0, 0.1) is 0 Å². The molecule has 19 heteroatoms. The molecule has 0 aliphatic rings. The highest BCUT2D eigenvalue weighted by Gasteiger charge is 2.10. The van der Waals surface area contributed by atoms with Gasteiger partial charge in [0.15, 0.2) is 28.9 Å². The minimum absolute atomic E-state index is 0.00769. The van der Waals surface area contributed by atoms with Crippen molar-refractivity contribution < 1.29 is 95.5 Å². The molecule has 0 heterocycles. The van der Waals surface area contributed by atoms with Crippen molar-refractivity contribution in [2.24, 2.45) is 0 Å². The van der Waals surface area contributed by atoms with Gasteiger partial charge in [-0.05, 0) is 239 Å². The zero-order chi connectivity index (χ0) is 81.0. The number of allylic oxidation sites excluding steroid dienone is 5. The Morgan fingerprint density at radius 3 is 0.768 bits per heavy atom. The fraction of sp³-hybridized carbons (Fsp3) is 0.194. The normalized spacial score (nSPS) is 11.0. The summed E-state index contributed by atoms with van der Waals surface area (Å²) in [4.78, 5) is 59.2. The smallest absolute Gasteiger partial charge is 0.156 e. The number of ketones is 5. The number of aliphatic hydroxyl groups is 6. The molecule has 0 radical (unpaired) electrons. The lowest BCUT2D eigenvalue weighted by atomic mass is 10.0. The Balaban J connectivity index is 0.000000218. The number of aryl methyl sites for hydroxylation is 5. The van der Waals surface area contributed by atoms with Crippen LogP contribution in [0.15, 0.2) is 249 Å². The zero-order valence-corrected chi connectivity index (χ0v) is 62.1. The highest BCUT2D eigenvalue weighted by atomic mass is 16.3. The quantitative estimate of drug-likeness (QED) is 0.0170. The molecule has 582 valence electrons. The third kappa shape index (κ3) is 33.9. The standard InChI is InChI=1S/C20H22O4.C19H20O4.2C18H18O4.C18H18O3/c21-13-17-8-4-16(12-18(17)14-22)2-1-3-19(23)9-5-15-6-10-20(24)11-7-15;20-13-16-12-15(7-11-19(16)23)2-1-3-17(21)8-4-14-5-9-18(22)10-6-14;19-12-15-6-1-14(11-18(15)22)5-10-17(21)9-4-13-2-7-16(20)8-3-13;19-12-15-11-14(5-10-18(15)22)4-9-17(21)8-3-13-1-6-16(20)7-2-13;19-13-16-3-1-14(2-4-16)5-9-17(20)10-6-15-7-11-18(21)12-8-15/h4-12,21-22,24H,1-3,13-14H2;4-12,20,22-23H,1-3,13H2;1-4,6-9,11,19-20,22H,5,10,12H2;1-3,5-8,10-11,19-20,22H,4,9,12H2;1-4,6-8,10-12,19,21H,5,9,13H2/b9-5+;8-4+;9-4+;8-3+;10-6+. The van der Waals surface area contributed by atoms with Crippen LogP contribution < -0.4 is 0 Å². The summed E-state index contributed by atoms with van der Waals surface area (Å²) in [5.41, 5.74) is 12.9. The molecule has 10 rings (SSSR count). The number of aliphatic hydroxyl groups excluding tert-OH is 6. The molecule has 0 aliphatic carbocycles. The van der Waals surface area contributed by atoms with Gasteiger partial charge in [0.25, 0.3) is 0 Å². The van der Waals surface area contributed by atoms with E-state index in [1.165, 1.54) is 18.2 Å². The van der Waals surface area contributed by atoms with E-state index in [2.05, 4.69) is 0 Å². The number of benzene rings is 10. The van der Waals surface area contributed by atoms with E-state index in [1.54, 1.807) is 218 Å². The van der Waals surface area contributed by atoms with E-state index in [4.69, 9.17) is 20.4 Å². The van der Waals surface area contributed by atoms with Crippen LogP contribution in [0.1, 0.15) is 134 Å². The number of phenols is 8. The van der Waals surface area contributed by atoms with Gasteiger partial charge in [-0.25, -0.2) is 0 Å². The first-order valence-corrected chi connectivity index (χ1v) is 36.3. The molecule has 0 unspecified atom stereocenters. The average molecular weight is 1520 g/mol. The van der Waals surface area contributed by atoms with Crippen LogP contribution in [0.25, 0.3) is 30.4 Å². The predicted octanol–water partition coefficient (Wildman–Crippen LogP) is 14.9. The molecule has 0 saturated carbocycles. The Bertz CT molecular complexity index is 4750. The Labute approximate surface area is 651 Å². The van der Waals surface area contributed by atoms with Gasteiger partial charge < -0.3 is 71.5 Å². The maximum absolute atomic E-state index is 11.9. The minimum atomic E-state index is -0.228. The van der Waals surface area contributed by atoms with Crippen molar-refractivity contribution in [2.75, 3.05) is 0 Å². The topological polar surface area (TPSA) is 369 Å². The van der Waals surface area contributed by atoms with Crippen molar-refractivity contribution >= 4 is 59.3 Å². The number of hydrogen-bond acceptors (Lipinski definition) is 19. The van der Waals surface area contributed by atoms with Crippen LogP contribution in [0.2, 0.25) is 0 Å². The maximum Gasteiger partial charge on any atom is 0.156 e. The second kappa shape index (κ2) is 48.7. The fourth-order valence-corrected chi connectivity index (χ4v) is 10.7. The lowest BCUT2D eigenvalue weighted by molar-refractivity contribution is -0.115. The molecule has 10 aromatic carbocycles. The number of aromatic hydroxyl groups is 8. The molecule has 0 bridgehead atoms. The lowest BCUT2D eigenvalue weighted by Crippen LogP contribution is -1.98. The summed E-state index contributed by atoms with van der Waals surface area (Å²) < 4.78 is 0. The van der Waals surface area contributed by atoms with E-state index in [9.17, 15) is 75.0 Å².